The van der Waals surface area contributed by atoms with Gasteiger partial charge in [-0.2, -0.15) is 0 Å². The van der Waals surface area contributed by atoms with E-state index in [-0.39, 0.29) is 13.0 Å². The van der Waals surface area contributed by atoms with E-state index < -0.39 is 17.8 Å². The molecular weight excluding hydrogens is 296 g/mol. The van der Waals surface area contributed by atoms with Crippen LogP contribution in [-0.4, -0.2) is 24.4 Å². The second kappa shape index (κ2) is 8.76. The number of nitrogens with one attached hydrogen (secondary N) is 2. The van der Waals surface area contributed by atoms with E-state index in [1.54, 1.807) is 31.2 Å². The first-order valence-electron chi connectivity index (χ1n) is 6.19. The predicted octanol–water partition coefficient (Wildman–Crippen LogP) is 1.15. The number of benzene rings is 1. The molecule has 6 nitrogen and oxygen atoms in total. The lowest BCUT2D eigenvalue weighted by Crippen LogP contribution is -2.41. The Morgan fingerprint density at radius 3 is 2.43 bits per heavy atom. The number of ether oxygens (including phenoxy) is 1. The van der Waals surface area contributed by atoms with Gasteiger partial charge in [-0.3, -0.25) is 20.4 Å². The van der Waals surface area contributed by atoms with Crippen LogP contribution in [0.3, 0.4) is 0 Å². The lowest BCUT2D eigenvalue weighted by atomic mass is 10.1. The molecule has 2 N–H and O–H groups in total. The number of rotatable bonds is 5. The minimum Gasteiger partial charge on any atom is -0.463 e. The molecule has 0 saturated carbocycles. The molecule has 21 heavy (non-hydrogen) atoms. The zero-order valence-corrected chi connectivity index (χ0v) is 12.1. The Hall–Kier alpha value is -2.34. The van der Waals surface area contributed by atoms with Crippen molar-refractivity contribution < 1.29 is 19.1 Å². The maximum atomic E-state index is 11.6. The van der Waals surface area contributed by atoms with E-state index in [1.807, 2.05) is 0 Å². The van der Waals surface area contributed by atoms with E-state index in [9.17, 15) is 14.4 Å². The van der Waals surface area contributed by atoms with Gasteiger partial charge < -0.3 is 4.74 Å². The van der Waals surface area contributed by atoms with Gasteiger partial charge in [-0.15, -0.1) is 0 Å². The van der Waals surface area contributed by atoms with Crippen LogP contribution in [0.15, 0.2) is 36.4 Å². The molecule has 0 aromatic heterocycles. The molecular formula is C14H15ClN2O4. The maximum absolute atomic E-state index is 11.6. The van der Waals surface area contributed by atoms with Crippen molar-refractivity contribution >= 4 is 29.4 Å². The van der Waals surface area contributed by atoms with Crippen molar-refractivity contribution in [2.75, 3.05) is 6.61 Å². The topological polar surface area (TPSA) is 84.5 Å². The highest BCUT2D eigenvalue weighted by Gasteiger charge is 2.04. The standard InChI is InChI=1S/C14H15ClN2O4/c1-2-21-14(20)8-7-12(18)16-17-13(19)9-10-3-5-11(15)6-4-10/h3-8H,2,9H2,1H3,(H,16,18)(H,17,19). The molecule has 0 aliphatic rings. The molecule has 112 valence electrons. The molecule has 0 saturated heterocycles. The van der Waals surface area contributed by atoms with Gasteiger partial charge in [0, 0.05) is 17.2 Å². The fourth-order valence-corrected chi connectivity index (χ4v) is 1.46. The second-order valence-electron chi connectivity index (χ2n) is 3.93. The van der Waals surface area contributed by atoms with Crippen LogP contribution in [0.4, 0.5) is 0 Å². The Kier molecular flexibility index (Phi) is 6.97. The minimum absolute atomic E-state index is 0.0963. The van der Waals surface area contributed by atoms with Gasteiger partial charge in [0.2, 0.25) is 5.91 Å². The van der Waals surface area contributed by atoms with Gasteiger partial charge in [0.05, 0.1) is 13.0 Å². The van der Waals surface area contributed by atoms with Crippen LogP contribution in [-0.2, 0) is 25.5 Å². The summed E-state index contributed by atoms with van der Waals surface area (Å²) >= 11 is 5.73. The molecule has 0 aliphatic carbocycles. The number of esters is 1. The fraction of sp³-hybridized carbons (Fsp3) is 0.214. The molecule has 0 radical (unpaired) electrons. The Bertz CT molecular complexity index is 540. The lowest BCUT2D eigenvalue weighted by molar-refractivity contribution is -0.137. The Labute approximate surface area is 127 Å². The van der Waals surface area contributed by atoms with E-state index in [0.29, 0.717) is 5.02 Å². The Balaban J connectivity index is 2.34. The van der Waals surface area contributed by atoms with Gasteiger partial charge in [0.25, 0.3) is 5.91 Å². The average molecular weight is 311 g/mol. The van der Waals surface area contributed by atoms with Crippen LogP contribution >= 0.6 is 11.6 Å². The van der Waals surface area contributed by atoms with Gasteiger partial charge in [-0.1, -0.05) is 23.7 Å². The molecule has 0 fully saturated rings. The van der Waals surface area contributed by atoms with Gasteiger partial charge in [0.1, 0.15) is 0 Å². The molecule has 0 spiro atoms. The number of carbonyl (C=O) groups is 3. The average Bonchev–Trinajstić information content (AvgIpc) is 2.46. The summed E-state index contributed by atoms with van der Waals surface area (Å²) in [5.41, 5.74) is 5.14. The maximum Gasteiger partial charge on any atom is 0.330 e. The van der Waals surface area contributed by atoms with Gasteiger partial charge >= 0.3 is 5.97 Å². The van der Waals surface area contributed by atoms with Crippen molar-refractivity contribution in [1.29, 1.82) is 0 Å². The van der Waals surface area contributed by atoms with E-state index >= 15 is 0 Å². The highest BCUT2D eigenvalue weighted by atomic mass is 35.5. The summed E-state index contributed by atoms with van der Waals surface area (Å²) in [6.07, 6.45) is 2.05. The Morgan fingerprint density at radius 2 is 1.81 bits per heavy atom. The normalized spacial score (nSPS) is 10.2. The highest BCUT2D eigenvalue weighted by Crippen LogP contribution is 2.09. The molecule has 0 heterocycles. The number of carbonyl (C=O) groups excluding carboxylic acids is 3. The summed E-state index contributed by atoms with van der Waals surface area (Å²) in [5.74, 6) is -1.65. The van der Waals surface area contributed by atoms with Gasteiger partial charge in [0.15, 0.2) is 0 Å². The molecule has 0 unspecified atom stereocenters. The molecule has 7 heteroatoms. The summed E-state index contributed by atoms with van der Waals surface area (Å²) < 4.78 is 4.60. The quantitative estimate of drug-likeness (QED) is 0.485. The summed E-state index contributed by atoms with van der Waals surface area (Å²) in [5, 5.41) is 0.580. The van der Waals surface area contributed by atoms with E-state index in [2.05, 4.69) is 15.6 Å². The summed E-state index contributed by atoms with van der Waals surface area (Å²) in [6, 6.07) is 6.77. The smallest absolute Gasteiger partial charge is 0.330 e. The number of amides is 2. The number of hydrazine groups is 1. The molecule has 0 aliphatic heterocycles. The van der Waals surface area contributed by atoms with Crippen molar-refractivity contribution in [3.63, 3.8) is 0 Å². The SMILES string of the molecule is CCOC(=O)C=CC(=O)NNC(=O)Cc1ccc(Cl)cc1. The summed E-state index contributed by atoms with van der Waals surface area (Å²) in [4.78, 5) is 33.9. The van der Waals surface area contributed by atoms with Crippen LogP contribution in [0.2, 0.25) is 5.02 Å². The Morgan fingerprint density at radius 1 is 1.14 bits per heavy atom. The first kappa shape index (κ1) is 16.7. The number of hydrogen-bond donors (Lipinski definition) is 2. The summed E-state index contributed by atoms with van der Waals surface area (Å²) in [6.45, 7) is 1.88. The van der Waals surface area contributed by atoms with Crippen molar-refractivity contribution in [3.05, 3.63) is 47.0 Å². The van der Waals surface area contributed by atoms with Crippen LogP contribution in [0.1, 0.15) is 12.5 Å². The monoisotopic (exact) mass is 310 g/mol. The third-order valence-corrected chi connectivity index (χ3v) is 2.51. The van der Waals surface area contributed by atoms with Crippen molar-refractivity contribution in [3.8, 4) is 0 Å². The van der Waals surface area contributed by atoms with Gasteiger partial charge in [-0.05, 0) is 24.6 Å². The van der Waals surface area contributed by atoms with Crippen molar-refractivity contribution in [1.82, 2.24) is 10.9 Å². The molecule has 0 atom stereocenters. The van der Waals surface area contributed by atoms with Gasteiger partial charge in [-0.25, -0.2) is 4.79 Å². The molecule has 1 aromatic carbocycles. The van der Waals surface area contributed by atoms with E-state index in [4.69, 9.17) is 11.6 Å². The fourth-order valence-electron chi connectivity index (χ4n) is 1.34. The first-order valence-corrected chi connectivity index (χ1v) is 6.57. The number of hydrogen-bond acceptors (Lipinski definition) is 4. The second-order valence-corrected chi connectivity index (χ2v) is 4.36. The molecule has 0 bridgehead atoms. The van der Waals surface area contributed by atoms with Crippen LogP contribution in [0.25, 0.3) is 0 Å². The minimum atomic E-state index is -0.632. The van der Waals surface area contributed by atoms with Crippen LogP contribution < -0.4 is 10.9 Å². The molecule has 1 aromatic rings. The summed E-state index contributed by atoms with van der Waals surface area (Å²) in [7, 11) is 0. The first-order chi connectivity index (χ1) is 10.0. The van der Waals surface area contributed by atoms with Crippen LogP contribution in [0, 0.1) is 0 Å². The molecule has 2 amide bonds. The highest BCUT2D eigenvalue weighted by molar-refractivity contribution is 6.30. The third kappa shape index (κ3) is 7.12. The number of halogens is 1. The van der Waals surface area contributed by atoms with Crippen molar-refractivity contribution in [2.24, 2.45) is 0 Å². The predicted molar refractivity (Wildman–Crippen MR) is 77.2 cm³/mol. The van der Waals surface area contributed by atoms with E-state index in [1.165, 1.54) is 0 Å². The molecule has 1 rings (SSSR count). The zero-order chi connectivity index (χ0) is 15.7. The van der Waals surface area contributed by atoms with Crippen molar-refractivity contribution in [2.45, 2.75) is 13.3 Å². The van der Waals surface area contributed by atoms with Crippen LogP contribution in [0.5, 0.6) is 0 Å². The largest absolute Gasteiger partial charge is 0.463 e. The lowest BCUT2D eigenvalue weighted by Gasteiger charge is -2.05. The van der Waals surface area contributed by atoms with E-state index in [0.717, 1.165) is 17.7 Å². The zero-order valence-electron chi connectivity index (χ0n) is 11.4. The third-order valence-electron chi connectivity index (χ3n) is 2.26.